The van der Waals surface area contributed by atoms with Gasteiger partial charge in [-0.3, -0.25) is 4.79 Å². The zero-order valence-electron chi connectivity index (χ0n) is 16.1. The van der Waals surface area contributed by atoms with Crippen LogP contribution in [0.4, 0.5) is 0 Å². The largest absolute Gasteiger partial charge is 0.493 e. The van der Waals surface area contributed by atoms with Crippen molar-refractivity contribution in [2.24, 2.45) is 0 Å². The first-order valence-electron chi connectivity index (χ1n) is 8.87. The van der Waals surface area contributed by atoms with Crippen molar-refractivity contribution in [1.82, 2.24) is 10.3 Å². The molecule has 7 nitrogen and oxygen atoms in total. The number of thiazole rings is 1. The highest BCUT2D eigenvalue weighted by molar-refractivity contribution is 7.20. The van der Waals surface area contributed by atoms with Crippen LogP contribution >= 0.6 is 22.7 Å². The topological polar surface area (TPSA) is 89.9 Å². The maximum absolute atomic E-state index is 12.2. The van der Waals surface area contributed by atoms with Gasteiger partial charge in [0.2, 0.25) is 11.7 Å². The van der Waals surface area contributed by atoms with Gasteiger partial charge < -0.3 is 24.6 Å². The quantitative estimate of drug-likeness (QED) is 0.510. The number of methoxy groups -OCH3 is 2. The predicted molar refractivity (Wildman–Crippen MR) is 113 cm³/mol. The summed E-state index contributed by atoms with van der Waals surface area (Å²) < 4.78 is 16.1. The van der Waals surface area contributed by atoms with E-state index >= 15 is 0 Å². The van der Waals surface area contributed by atoms with E-state index in [2.05, 4.69) is 10.3 Å². The Morgan fingerprint density at radius 1 is 1.17 bits per heavy atom. The van der Waals surface area contributed by atoms with Crippen molar-refractivity contribution < 1.29 is 24.1 Å². The maximum atomic E-state index is 12.2. The number of rotatable bonds is 10. The smallest absolute Gasteiger partial charge is 0.226 e. The number of aliphatic hydroxyl groups is 1. The third-order valence-electron chi connectivity index (χ3n) is 3.96. The minimum Gasteiger partial charge on any atom is -0.493 e. The fourth-order valence-corrected chi connectivity index (χ4v) is 4.19. The van der Waals surface area contributed by atoms with Crippen LogP contribution in [0.25, 0.3) is 9.88 Å². The van der Waals surface area contributed by atoms with Crippen molar-refractivity contribution >= 4 is 28.6 Å². The number of hydrogen-bond donors (Lipinski definition) is 2. The fraction of sp³-hybridized carbons (Fsp3) is 0.300. The summed E-state index contributed by atoms with van der Waals surface area (Å²) in [7, 11) is 3.06. The van der Waals surface area contributed by atoms with Crippen LogP contribution in [0.2, 0.25) is 0 Å². The molecule has 0 bridgehead atoms. The summed E-state index contributed by atoms with van der Waals surface area (Å²) in [5, 5.41) is 17.6. The Morgan fingerprint density at radius 2 is 1.93 bits per heavy atom. The number of benzene rings is 1. The monoisotopic (exact) mass is 434 g/mol. The molecule has 2 aromatic heterocycles. The summed E-state index contributed by atoms with van der Waals surface area (Å²) in [5.41, 5.74) is 0.709. The molecule has 9 heteroatoms. The molecule has 3 aromatic rings. The van der Waals surface area contributed by atoms with E-state index in [9.17, 15) is 9.90 Å². The van der Waals surface area contributed by atoms with Crippen LogP contribution in [-0.2, 0) is 11.2 Å². The number of hydrogen-bond acceptors (Lipinski definition) is 8. The summed E-state index contributed by atoms with van der Waals surface area (Å²) in [6, 6.07) is 9.23. The van der Waals surface area contributed by atoms with Crippen LogP contribution in [0.1, 0.15) is 5.69 Å². The third-order valence-corrected chi connectivity index (χ3v) is 5.89. The van der Waals surface area contributed by atoms with E-state index in [1.807, 2.05) is 22.9 Å². The van der Waals surface area contributed by atoms with Crippen molar-refractivity contribution in [1.29, 1.82) is 0 Å². The molecule has 1 amide bonds. The lowest BCUT2D eigenvalue weighted by atomic mass is 10.3. The lowest BCUT2D eigenvalue weighted by molar-refractivity contribution is -0.121. The number of amides is 1. The second kappa shape index (κ2) is 10.2. The van der Waals surface area contributed by atoms with E-state index in [1.54, 1.807) is 29.5 Å². The molecular formula is C20H22N2O5S2. The van der Waals surface area contributed by atoms with Gasteiger partial charge in [-0.05, 0) is 23.6 Å². The molecule has 0 saturated carbocycles. The van der Waals surface area contributed by atoms with Gasteiger partial charge in [0, 0.05) is 11.9 Å². The highest BCUT2D eigenvalue weighted by Gasteiger charge is 2.15. The number of aromatic nitrogens is 1. The SMILES string of the molecule is COc1cccc(OC)c1OCC(O)CNC(=O)Cc1csc(-c2cccs2)n1. The number of para-hydroxylation sites is 1. The first kappa shape index (κ1) is 21.1. The number of aliphatic hydroxyl groups excluding tert-OH is 1. The van der Waals surface area contributed by atoms with E-state index in [1.165, 1.54) is 25.6 Å². The van der Waals surface area contributed by atoms with Crippen molar-refractivity contribution in [2.75, 3.05) is 27.4 Å². The molecule has 0 radical (unpaired) electrons. The number of carbonyl (C=O) groups is 1. The van der Waals surface area contributed by atoms with Crippen LogP contribution in [-0.4, -0.2) is 49.5 Å². The Morgan fingerprint density at radius 3 is 2.59 bits per heavy atom. The first-order valence-corrected chi connectivity index (χ1v) is 10.6. The van der Waals surface area contributed by atoms with Gasteiger partial charge in [0.15, 0.2) is 11.5 Å². The van der Waals surface area contributed by atoms with Gasteiger partial charge >= 0.3 is 0 Å². The summed E-state index contributed by atoms with van der Waals surface area (Å²) in [4.78, 5) is 17.7. The molecule has 0 aliphatic rings. The van der Waals surface area contributed by atoms with Gasteiger partial charge in [-0.25, -0.2) is 4.98 Å². The van der Waals surface area contributed by atoms with Crippen LogP contribution in [0, 0.1) is 0 Å². The van der Waals surface area contributed by atoms with Crippen LogP contribution in [0.15, 0.2) is 41.1 Å². The van der Waals surface area contributed by atoms with Gasteiger partial charge in [0.1, 0.15) is 17.7 Å². The molecule has 154 valence electrons. The summed E-state index contributed by atoms with van der Waals surface area (Å²) in [6.07, 6.45) is -0.721. The molecule has 1 unspecified atom stereocenters. The lowest BCUT2D eigenvalue weighted by Crippen LogP contribution is -2.36. The van der Waals surface area contributed by atoms with Crippen LogP contribution in [0.5, 0.6) is 17.2 Å². The zero-order valence-corrected chi connectivity index (χ0v) is 17.7. The average molecular weight is 435 g/mol. The van der Waals surface area contributed by atoms with E-state index in [4.69, 9.17) is 14.2 Å². The van der Waals surface area contributed by atoms with Crippen LogP contribution < -0.4 is 19.5 Å². The lowest BCUT2D eigenvalue weighted by Gasteiger charge is -2.17. The standard InChI is InChI=1S/C20H22N2O5S2/c1-25-15-5-3-6-16(26-2)19(15)27-11-14(23)10-21-18(24)9-13-12-29-20(22-13)17-7-4-8-28-17/h3-8,12,14,23H,9-11H2,1-2H3,(H,21,24). The van der Waals surface area contributed by atoms with Crippen molar-refractivity contribution in [3.63, 3.8) is 0 Å². The van der Waals surface area contributed by atoms with Gasteiger partial charge in [0.25, 0.3) is 0 Å². The molecule has 1 aromatic carbocycles. The van der Waals surface area contributed by atoms with Crippen LogP contribution in [0.3, 0.4) is 0 Å². The minimum atomic E-state index is -0.884. The molecular weight excluding hydrogens is 412 g/mol. The van der Waals surface area contributed by atoms with Gasteiger partial charge in [-0.2, -0.15) is 0 Å². The summed E-state index contributed by atoms with van der Waals surface area (Å²) >= 11 is 3.13. The number of nitrogens with zero attached hydrogens (tertiary/aromatic N) is 1. The number of carbonyl (C=O) groups excluding carboxylic acids is 1. The highest BCUT2D eigenvalue weighted by atomic mass is 32.1. The summed E-state index contributed by atoms with van der Waals surface area (Å²) in [6.45, 7) is 0.0501. The van der Waals surface area contributed by atoms with E-state index in [0.29, 0.717) is 22.9 Å². The molecule has 0 fully saturated rings. The molecule has 2 heterocycles. The Balaban J connectivity index is 1.46. The molecule has 2 N–H and O–H groups in total. The molecule has 0 aliphatic heterocycles. The Kier molecular flexibility index (Phi) is 7.45. The number of nitrogens with one attached hydrogen (secondary N) is 1. The van der Waals surface area contributed by atoms with Crippen molar-refractivity contribution in [3.05, 3.63) is 46.8 Å². The molecule has 0 spiro atoms. The Hall–Kier alpha value is -2.62. The van der Waals surface area contributed by atoms with Gasteiger partial charge in [0.05, 0.1) is 31.2 Å². The minimum absolute atomic E-state index is 0.0176. The number of ether oxygens (including phenoxy) is 3. The summed E-state index contributed by atoms with van der Waals surface area (Å²) in [5.74, 6) is 1.21. The Bertz CT molecular complexity index is 905. The average Bonchev–Trinajstić information content (AvgIpc) is 3.42. The highest BCUT2D eigenvalue weighted by Crippen LogP contribution is 2.36. The maximum Gasteiger partial charge on any atom is 0.226 e. The molecule has 0 aliphatic carbocycles. The van der Waals surface area contributed by atoms with E-state index < -0.39 is 6.10 Å². The van der Waals surface area contributed by atoms with Crippen molar-refractivity contribution in [3.8, 4) is 27.1 Å². The molecule has 0 saturated heterocycles. The van der Waals surface area contributed by atoms with E-state index in [0.717, 1.165) is 9.88 Å². The molecule has 1 atom stereocenters. The first-order chi connectivity index (χ1) is 14.1. The second-order valence-electron chi connectivity index (χ2n) is 6.06. The Labute approximate surface area is 176 Å². The normalized spacial score (nSPS) is 11.7. The van der Waals surface area contributed by atoms with Gasteiger partial charge in [-0.1, -0.05) is 12.1 Å². The third kappa shape index (κ3) is 5.69. The van der Waals surface area contributed by atoms with Crippen molar-refractivity contribution in [2.45, 2.75) is 12.5 Å². The fourth-order valence-electron chi connectivity index (χ4n) is 2.56. The van der Waals surface area contributed by atoms with E-state index in [-0.39, 0.29) is 25.5 Å². The molecule has 29 heavy (non-hydrogen) atoms. The van der Waals surface area contributed by atoms with Gasteiger partial charge in [-0.15, -0.1) is 22.7 Å². The number of thiophene rings is 1. The zero-order chi connectivity index (χ0) is 20.6. The molecule has 3 rings (SSSR count). The second-order valence-corrected chi connectivity index (χ2v) is 7.86. The predicted octanol–water partition coefficient (Wildman–Crippen LogP) is 2.99.